The van der Waals surface area contributed by atoms with E-state index >= 15 is 0 Å². The number of hydrogen-bond donors (Lipinski definition) is 2. The van der Waals surface area contributed by atoms with Crippen LogP contribution in [-0.4, -0.2) is 29.3 Å². The van der Waals surface area contributed by atoms with Crippen LogP contribution < -0.4 is 15.4 Å². The van der Waals surface area contributed by atoms with Gasteiger partial charge in [0.2, 0.25) is 5.91 Å². The fourth-order valence-electron chi connectivity index (χ4n) is 4.64. The molecule has 1 unspecified atom stereocenters. The maximum absolute atomic E-state index is 13.2. The molecule has 1 saturated heterocycles. The van der Waals surface area contributed by atoms with Gasteiger partial charge < -0.3 is 15.4 Å². The quantitative estimate of drug-likeness (QED) is 0.541. The number of amides is 4. The maximum atomic E-state index is 13.2. The average Bonchev–Trinajstić information content (AvgIpc) is 3.36. The minimum Gasteiger partial charge on any atom is -0.489 e. The van der Waals surface area contributed by atoms with E-state index in [-0.39, 0.29) is 13.2 Å². The number of rotatable bonds is 6. The van der Waals surface area contributed by atoms with Gasteiger partial charge in [-0.2, -0.15) is 5.26 Å². The van der Waals surface area contributed by atoms with Crippen LogP contribution >= 0.6 is 0 Å². The van der Waals surface area contributed by atoms with Crippen LogP contribution in [0, 0.1) is 11.3 Å². The highest BCUT2D eigenvalue weighted by molar-refractivity contribution is 6.10. The maximum Gasteiger partial charge on any atom is 0.325 e. The second-order valence-electron chi connectivity index (χ2n) is 8.56. The third kappa shape index (κ3) is 4.20. The molecule has 2 N–H and O–H groups in total. The lowest BCUT2D eigenvalue weighted by Crippen LogP contribution is -2.42. The van der Waals surface area contributed by atoms with Crippen LogP contribution in [0.15, 0.2) is 72.8 Å². The molecule has 1 spiro atoms. The smallest absolute Gasteiger partial charge is 0.325 e. The highest BCUT2D eigenvalue weighted by atomic mass is 16.5. The first kappa shape index (κ1) is 22.2. The molecule has 1 heterocycles. The number of hydrogen-bond acceptors (Lipinski definition) is 5. The molecule has 3 aromatic carbocycles. The summed E-state index contributed by atoms with van der Waals surface area (Å²) in [5.41, 5.74) is 2.61. The second kappa shape index (κ2) is 8.95. The number of imide groups is 1. The summed E-state index contributed by atoms with van der Waals surface area (Å²) in [4.78, 5) is 39.6. The van der Waals surface area contributed by atoms with E-state index in [0.29, 0.717) is 29.8 Å². The largest absolute Gasteiger partial charge is 0.489 e. The van der Waals surface area contributed by atoms with E-state index in [1.54, 1.807) is 42.5 Å². The van der Waals surface area contributed by atoms with Gasteiger partial charge in [-0.3, -0.25) is 14.5 Å². The summed E-state index contributed by atoms with van der Waals surface area (Å²) in [7, 11) is 0. The summed E-state index contributed by atoms with van der Waals surface area (Å²) < 4.78 is 5.79. The van der Waals surface area contributed by atoms with E-state index < -0.39 is 23.4 Å². The first-order valence-corrected chi connectivity index (χ1v) is 11.2. The van der Waals surface area contributed by atoms with Crippen LogP contribution in [0.25, 0.3) is 0 Å². The van der Waals surface area contributed by atoms with Crippen molar-refractivity contribution in [2.24, 2.45) is 0 Å². The fourth-order valence-corrected chi connectivity index (χ4v) is 4.64. The first-order chi connectivity index (χ1) is 17.0. The summed E-state index contributed by atoms with van der Waals surface area (Å²) in [5, 5.41) is 14.6. The Morgan fingerprint density at radius 1 is 1.09 bits per heavy atom. The van der Waals surface area contributed by atoms with E-state index in [1.165, 1.54) is 0 Å². The van der Waals surface area contributed by atoms with Gasteiger partial charge in [0.1, 0.15) is 24.4 Å². The third-order valence-corrected chi connectivity index (χ3v) is 6.30. The van der Waals surface area contributed by atoms with Crippen molar-refractivity contribution in [2.45, 2.75) is 25.0 Å². The molecule has 174 valence electrons. The number of ether oxygens (including phenoxy) is 1. The normalized spacial score (nSPS) is 18.2. The van der Waals surface area contributed by atoms with Crippen molar-refractivity contribution in [1.29, 1.82) is 5.26 Å². The molecule has 1 aliphatic carbocycles. The molecule has 1 fully saturated rings. The van der Waals surface area contributed by atoms with Crippen LogP contribution in [0.2, 0.25) is 0 Å². The summed E-state index contributed by atoms with van der Waals surface area (Å²) in [6.07, 6.45) is 1.17. The Balaban J connectivity index is 1.23. The van der Waals surface area contributed by atoms with Crippen molar-refractivity contribution in [2.75, 3.05) is 11.9 Å². The lowest BCUT2D eigenvalue weighted by atomic mass is 9.92. The molecule has 1 aliphatic heterocycles. The standard InChI is InChI=1S/C27H22N4O4/c28-15-18-5-3-6-19(13-18)17-35-22-9-4-8-21(14-22)29-24(32)16-31-25(33)27(30-26(31)34)12-11-20-7-1-2-10-23(20)27/h1-10,13-14H,11-12,16-17H2,(H,29,32)(H,30,34). The van der Waals surface area contributed by atoms with Crippen molar-refractivity contribution in [1.82, 2.24) is 10.2 Å². The van der Waals surface area contributed by atoms with Gasteiger partial charge in [0.05, 0.1) is 11.6 Å². The molecule has 0 bridgehead atoms. The SMILES string of the molecule is N#Cc1cccc(COc2cccc(NC(=O)CN3C(=O)NC4(CCc5ccccc54)C3=O)c2)c1. The first-order valence-electron chi connectivity index (χ1n) is 11.2. The minimum absolute atomic E-state index is 0.263. The molecule has 0 saturated carbocycles. The number of aryl methyl sites for hydroxylation is 1. The highest BCUT2D eigenvalue weighted by Crippen LogP contribution is 2.41. The summed E-state index contributed by atoms with van der Waals surface area (Å²) >= 11 is 0. The predicted octanol–water partition coefficient (Wildman–Crippen LogP) is 3.47. The van der Waals surface area contributed by atoms with E-state index in [0.717, 1.165) is 21.6 Å². The minimum atomic E-state index is -1.09. The van der Waals surface area contributed by atoms with Crippen molar-refractivity contribution in [3.05, 3.63) is 95.1 Å². The molecule has 0 radical (unpaired) electrons. The van der Waals surface area contributed by atoms with Crippen molar-refractivity contribution in [3.63, 3.8) is 0 Å². The lowest BCUT2D eigenvalue weighted by Gasteiger charge is -2.22. The molecule has 8 heteroatoms. The molecule has 3 aromatic rings. The number of urea groups is 1. The molecule has 5 rings (SSSR count). The van der Waals surface area contributed by atoms with Crippen molar-refractivity contribution >= 4 is 23.5 Å². The van der Waals surface area contributed by atoms with E-state index in [1.807, 2.05) is 30.3 Å². The van der Waals surface area contributed by atoms with Gasteiger partial charge in [0, 0.05) is 11.8 Å². The molecule has 8 nitrogen and oxygen atoms in total. The summed E-state index contributed by atoms with van der Waals surface area (Å²) in [5.74, 6) is -0.364. The number of benzene rings is 3. The van der Waals surface area contributed by atoms with Gasteiger partial charge in [-0.05, 0) is 53.8 Å². The highest BCUT2D eigenvalue weighted by Gasteiger charge is 2.55. The number of anilines is 1. The van der Waals surface area contributed by atoms with Gasteiger partial charge in [-0.1, -0.05) is 42.5 Å². The number of carbonyl (C=O) groups excluding carboxylic acids is 3. The number of nitrogens with one attached hydrogen (secondary N) is 2. The molecule has 1 atom stereocenters. The van der Waals surface area contributed by atoms with Gasteiger partial charge in [-0.25, -0.2) is 4.79 Å². The zero-order valence-corrected chi connectivity index (χ0v) is 18.8. The van der Waals surface area contributed by atoms with Gasteiger partial charge in [0.25, 0.3) is 5.91 Å². The van der Waals surface area contributed by atoms with Crippen LogP contribution in [0.5, 0.6) is 5.75 Å². The lowest BCUT2D eigenvalue weighted by molar-refractivity contribution is -0.134. The van der Waals surface area contributed by atoms with Gasteiger partial charge in [-0.15, -0.1) is 0 Å². The monoisotopic (exact) mass is 466 g/mol. The van der Waals surface area contributed by atoms with Crippen LogP contribution in [0.3, 0.4) is 0 Å². The third-order valence-electron chi connectivity index (χ3n) is 6.30. The Hall–Kier alpha value is -4.64. The van der Waals surface area contributed by atoms with E-state index in [9.17, 15) is 14.4 Å². The predicted molar refractivity (Wildman–Crippen MR) is 127 cm³/mol. The Bertz CT molecular complexity index is 1380. The molecular weight excluding hydrogens is 444 g/mol. The Morgan fingerprint density at radius 3 is 2.77 bits per heavy atom. The average molecular weight is 466 g/mol. The molecular formula is C27H22N4O4. The molecule has 35 heavy (non-hydrogen) atoms. The van der Waals surface area contributed by atoms with Gasteiger partial charge in [0.15, 0.2) is 0 Å². The summed E-state index contributed by atoms with van der Waals surface area (Å²) in [6, 6.07) is 23.0. The molecule has 2 aliphatic rings. The van der Waals surface area contributed by atoms with Gasteiger partial charge >= 0.3 is 6.03 Å². The Kier molecular flexibility index (Phi) is 5.67. The summed E-state index contributed by atoms with van der Waals surface area (Å²) in [6.45, 7) is -0.125. The number of nitriles is 1. The Labute approximate surface area is 202 Å². The van der Waals surface area contributed by atoms with Crippen molar-refractivity contribution < 1.29 is 19.1 Å². The number of carbonyl (C=O) groups is 3. The zero-order valence-electron chi connectivity index (χ0n) is 18.8. The Morgan fingerprint density at radius 2 is 1.91 bits per heavy atom. The number of fused-ring (bicyclic) bond motifs is 2. The molecule has 0 aromatic heterocycles. The topological polar surface area (TPSA) is 112 Å². The second-order valence-corrected chi connectivity index (χ2v) is 8.56. The van der Waals surface area contributed by atoms with Crippen LogP contribution in [-0.2, 0) is 28.2 Å². The van der Waals surface area contributed by atoms with E-state index in [4.69, 9.17) is 10.00 Å². The number of nitrogens with zero attached hydrogens (tertiary/aromatic N) is 2. The van der Waals surface area contributed by atoms with Crippen LogP contribution in [0.4, 0.5) is 10.5 Å². The van der Waals surface area contributed by atoms with E-state index in [2.05, 4.69) is 16.7 Å². The zero-order chi connectivity index (χ0) is 24.4. The molecule has 4 amide bonds. The van der Waals surface area contributed by atoms with Crippen LogP contribution in [0.1, 0.15) is 28.7 Å². The van der Waals surface area contributed by atoms with Crippen molar-refractivity contribution in [3.8, 4) is 11.8 Å². The fraction of sp³-hybridized carbons (Fsp3) is 0.185.